The summed E-state index contributed by atoms with van der Waals surface area (Å²) >= 11 is 11.4. The lowest BCUT2D eigenvalue weighted by atomic mass is 10.3. The van der Waals surface area contributed by atoms with E-state index < -0.39 is 5.97 Å². The van der Waals surface area contributed by atoms with Gasteiger partial charge in [-0.2, -0.15) is 0 Å². The van der Waals surface area contributed by atoms with Gasteiger partial charge in [-0.25, -0.2) is 9.78 Å². The van der Waals surface area contributed by atoms with E-state index in [1.807, 2.05) is 0 Å². The van der Waals surface area contributed by atoms with E-state index in [-0.39, 0.29) is 22.3 Å². The molecular weight excluding hydrogens is 293 g/mol. The van der Waals surface area contributed by atoms with Crippen LogP contribution in [-0.4, -0.2) is 44.5 Å². The van der Waals surface area contributed by atoms with E-state index in [9.17, 15) is 4.79 Å². The largest absolute Gasteiger partial charge is 0.462 e. The van der Waals surface area contributed by atoms with Gasteiger partial charge in [0.1, 0.15) is 5.15 Å². The number of halogens is 2. The zero-order valence-electron chi connectivity index (χ0n) is 10.5. The number of carbonyl (C=O) groups excluding carboxylic acids is 1. The average Bonchev–Trinajstić information content (AvgIpc) is 2.40. The number of methoxy groups -OCH3 is 1. The molecule has 106 valence electrons. The maximum atomic E-state index is 11.6. The molecule has 0 aliphatic heterocycles. The molecule has 0 spiro atoms. The van der Waals surface area contributed by atoms with E-state index in [0.717, 1.165) is 0 Å². The van der Waals surface area contributed by atoms with Gasteiger partial charge in [0.25, 0.3) is 0 Å². The van der Waals surface area contributed by atoms with Crippen LogP contribution in [-0.2, 0) is 14.2 Å². The second-order valence-corrected chi connectivity index (χ2v) is 4.36. The second-order valence-electron chi connectivity index (χ2n) is 3.59. The number of esters is 1. The summed E-state index contributed by atoms with van der Waals surface area (Å²) < 4.78 is 15.1. The van der Waals surface area contributed by atoms with E-state index >= 15 is 0 Å². The Hall–Kier alpha value is -0.880. The van der Waals surface area contributed by atoms with Crippen molar-refractivity contribution < 1.29 is 19.0 Å². The number of carbonyl (C=O) groups is 1. The lowest BCUT2D eigenvalue weighted by Crippen LogP contribution is -2.10. The van der Waals surface area contributed by atoms with Crippen LogP contribution < -0.4 is 0 Å². The van der Waals surface area contributed by atoms with Crippen molar-refractivity contribution in [3.05, 3.63) is 28.0 Å². The van der Waals surface area contributed by atoms with Crippen molar-refractivity contribution in [1.82, 2.24) is 4.98 Å². The normalized spacial score (nSPS) is 10.5. The van der Waals surface area contributed by atoms with E-state index in [1.165, 1.54) is 12.3 Å². The standard InChI is InChI=1S/C12H15Cl2NO4/c1-17-5-6-18-3-2-4-19-12(16)9-7-10(13)11(14)15-8-9/h7-8H,2-6H2,1H3. The summed E-state index contributed by atoms with van der Waals surface area (Å²) in [4.78, 5) is 15.4. The molecular formula is C12H15Cl2NO4. The molecule has 0 saturated carbocycles. The monoisotopic (exact) mass is 307 g/mol. The van der Waals surface area contributed by atoms with Crippen molar-refractivity contribution in [2.24, 2.45) is 0 Å². The molecule has 0 aliphatic rings. The van der Waals surface area contributed by atoms with Crippen LogP contribution in [0.3, 0.4) is 0 Å². The minimum Gasteiger partial charge on any atom is -0.462 e. The van der Waals surface area contributed by atoms with Gasteiger partial charge in [-0.1, -0.05) is 23.2 Å². The number of hydrogen-bond acceptors (Lipinski definition) is 5. The minimum atomic E-state index is -0.483. The van der Waals surface area contributed by atoms with Crippen molar-refractivity contribution in [3.63, 3.8) is 0 Å². The topological polar surface area (TPSA) is 57.7 Å². The van der Waals surface area contributed by atoms with Crippen LogP contribution in [0.1, 0.15) is 16.8 Å². The number of rotatable bonds is 8. The third-order valence-corrected chi connectivity index (χ3v) is 2.82. The summed E-state index contributed by atoms with van der Waals surface area (Å²) in [6.07, 6.45) is 1.94. The summed E-state index contributed by atoms with van der Waals surface area (Å²) in [5, 5.41) is 0.378. The van der Waals surface area contributed by atoms with E-state index in [1.54, 1.807) is 7.11 Å². The Kier molecular flexibility index (Phi) is 7.74. The molecule has 0 atom stereocenters. The molecule has 0 unspecified atom stereocenters. The van der Waals surface area contributed by atoms with Gasteiger partial charge in [-0.3, -0.25) is 0 Å². The predicted molar refractivity (Wildman–Crippen MR) is 71.9 cm³/mol. The Balaban J connectivity index is 2.22. The van der Waals surface area contributed by atoms with Gasteiger partial charge in [0, 0.05) is 26.3 Å². The first kappa shape index (κ1) is 16.2. The van der Waals surface area contributed by atoms with Crippen molar-refractivity contribution in [1.29, 1.82) is 0 Å². The number of aromatic nitrogens is 1. The van der Waals surface area contributed by atoms with E-state index in [4.69, 9.17) is 37.4 Å². The molecule has 1 heterocycles. The molecule has 0 radical (unpaired) electrons. The summed E-state index contributed by atoms with van der Waals surface area (Å²) in [5.41, 5.74) is 0.273. The zero-order chi connectivity index (χ0) is 14.1. The molecule has 0 saturated heterocycles. The summed E-state index contributed by atoms with van der Waals surface area (Å²) in [7, 11) is 1.61. The van der Waals surface area contributed by atoms with Gasteiger partial charge < -0.3 is 14.2 Å². The van der Waals surface area contributed by atoms with Crippen LogP contribution in [0.5, 0.6) is 0 Å². The van der Waals surface area contributed by atoms with Crippen LogP contribution in [0.4, 0.5) is 0 Å². The SMILES string of the molecule is COCCOCCCOC(=O)c1cnc(Cl)c(Cl)c1. The van der Waals surface area contributed by atoms with Gasteiger partial charge in [0.15, 0.2) is 0 Å². The van der Waals surface area contributed by atoms with Gasteiger partial charge in [-0.15, -0.1) is 0 Å². The molecule has 7 heteroatoms. The molecule has 0 amide bonds. The molecule has 19 heavy (non-hydrogen) atoms. The third kappa shape index (κ3) is 6.20. The molecule has 1 aromatic rings. The molecule has 0 aromatic carbocycles. The molecule has 0 bridgehead atoms. The fourth-order valence-corrected chi connectivity index (χ4v) is 1.46. The van der Waals surface area contributed by atoms with Gasteiger partial charge in [0.05, 0.1) is 30.4 Å². The quantitative estimate of drug-likeness (QED) is 0.420. The van der Waals surface area contributed by atoms with Crippen molar-refractivity contribution >= 4 is 29.2 Å². The lowest BCUT2D eigenvalue weighted by Gasteiger charge is -2.06. The van der Waals surface area contributed by atoms with Crippen molar-refractivity contribution in [3.8, 4) is 0 Å². The Morgan fingerprint density at radius 1 is 1.26 bits per heavy atom. The summed E-state index contributed by atoms with van der Waals surface area (Å²) in [6, 6.07) is 1.42. The van der Waals surface area contributed by atoms with E-state index in [2.05, 4.69) is 4.98 Å². The van der Waals surface area contributed by atoms with Gasteiger partial charge in [0.2, 0.25) is 0 Å². The van der Waals surface area contributed by atoms with Crippen LogP contribution in [0.25, 0.3) is 0 Å². The van der Waals surface area contributed by atoms with Gasteiger partial charge in [-0.05, 0) is 6.07 Å². The average molecular weight is 308 g/mol. The zero-order valence-corrected chi connectivity index (χ0v) is 12.0. The fourth-order valence-electron chi connectivity index (χ4n) is 1.19. The highest BCUT2D eigenvalue weighted by molar-refractivity contribution is 6.41. The highest BCUT2D eigenvalue weighted by Crippen LogP contribution is 2.20. The predicted octanol–water partition coefficient (Wildman–Crippen LogP) is 2.60. The first-order valence-corrected chi connectivity index (χ1v) is 6.45. The lowest BCUT2D eigenvalue weighted by molar-refractivity contribution is 0.0385. The van der Waals surface area contributed by atoms with Crippen molar-refractivity contribution in [2.45, 2.75) is 6.42 Å². The number of pyridine rings is 1. The molecule has 1 aromatic heterocycles. The first-order chi connectivity index (χ1) is 9.15. The summed E-state index contributed by atoms with van der Waals surface area (Å²) in [5.74, 6) is -0.483. The van der Waals surface area contributed by atoms with Gasteiger partial charge >= 0.3 is 5.97 Å². The number of ether oxygens (including phenoxy) is 3. The molecule has 0 N–H and O–H groups in total. The molecule has 0 aliphatic carbocycles. The Bertz CT molecular complexity index is 415. The maximum absolute atomic E-state index is 11.6. The first-order valence-electron chi connectivity index (χ1n) is 5.70. The maximum Gasteiger partial charge on any atom is 0.339 e. The highest BCUT2D eigenvalue weighted by Gasteiger charge is 2.10. The molecule has 0 fully saturated rings. The fraction of sp³-hybridized carbons (Fsp3) is 0.500. The van der Waals surface area contributed by atoms with E-state index in [0.29, 0.717) is 26.2 Å². The number of nitrogens with zero attached hydrogens (tertiary/aromatic N) is 1. The minimum absolute atomic E-state index is 0.157. The summed E-state index contributed by atoms with van der Waals surface area (Å²) in [6.45, 7) is 1.86. The van der Waals surface area contributed by atoms with Crippen LogP contribution in [0.2, 0.25) is 10.2 Å². The Morgan fingerprint density at radius 3 is 2.74 bits per heavy atom. The highest BCUT2D eigenvalue weighted by atomic mass is 35.5. The molecule has 5 nitrogen and oxygen atoms in total. The second kappa shape index (κ2) is 9.09. The Labute approximate surface area is 121 Å². The Morgan fingerprint density at radius 2 is 2.05 bits per heavy atom. The van der Waals surface area contributed by atoms with Crippen LogP contribution >= 0.6 is 23.2 Å². The van der Waals surface area contributed by atoms with Crippen LogP contribution in [0, 0.1) is 0 Å². The van der Waals surface area contributed by atoms with Crippen molar-refractivity contribution in [2.75, 3.05) is 33.5 Å². The number of hydrogen-bond donors (Lipinski definition) is 0. The van der Waals surface area contributed by atoms with Crippen LogP contribution in [0.15, 0.2) is 12.3 Å². The molecule has 1 rings (SSSR count). The third-order valence-electron chi connectivity index (χ3n) is 2.13. The smallest absolute Gasteiger partial charge is 0.339 e.